The average Bonchev–Trinajstić information content (AvgIpc) is 3.33. The van der Waals surface area contributed by atoms with Gasteiger partial charge in [-0.3, -0.25) is 4.79 Å². The summed E-state index contributed by atoms with van der Waals surface area (Å²) in [6, 6.07) is 19.4. The van der Waals surface area contributed by atoms with Crippen molar-refractivity contribution in [2.24, 2.45) is 0 Å². The van der Waals surface area contributed by atoms with Crippen LogP contribution in [-0.4, -0.2) is 46.8 Å². The standard InChI is InChI=1S/C27H23ClF2N4O2/c28-20-2-1-3-24(16-20)32-12-14-33(15-13-32)27(35)26-25(36-18-19-4-6-21(29)7-5-19)17-34(31-26)23-10-8-22(30)9-11-23/h1-11,16-17H,12-15,18H2. The SMILES string of the molecule is O=C(c1nn(-c2ccc(F)cc2)cc1OCc1ccc(F)cc1)N1CCN(c2cccc(Cl)c2)CC1. The maximum Gasteiger partial charge on any atom is 0.278 e. The van der Waals surface area contributed by atoms with Crippen LogP contribution in [0.15, 0.2) is 79.0 Å². The van der Waals surface area contributed by atoms with Crippen LogP contribution in [0.4, 0.5) is 14.5 Å². The van der Waals surface area contributed by atoms with Gasteiger partial charge in [0.1, 0.15) is 18.2 Å². The van der Waals surface area contributed by atoms with Crippen molar-refractivity contribution in [2.45, 2.75) is 6.61 Å². The Morgan fingerprint density at radius 1 is 0.889 bits per heavy atom. The third-order valence-electron chi connectivity index (χ3n) is 6.02. The van der Waals surface area contributed by atoms with Gasteiger partial charge in [-0.15, -0.1) is 0 Å². The number of piperazine rings is 1. The van der Waals surface area contributed by atoms with E-state index in [1.807, 2.05) is 24.3 Å². The Balaban J connectivity index is 1.35. The van der Waals surface area contributed by atoms with Crippen LogP contribution in [0, 0.1) is 11.6 Å². The number of ether oxygens (including phenoxy) is 1. The Kier molecular flexibility index (Phi) is 6.86. The van der Waals surface area contributed by atoms with E-state index in [1.165, 1.54) is 28.9 Å². The molecule has 0 aliphatic carbocycles. The number of amides is 1. The van der Waals surface area contributed by atoms with Gasteiger partial charge >= 0.3 is 0 Å². The first-order valence-electron chi connectivity index (χ1n) is 11.5. The van der Waals surface area contributed by atoms with Crippen LogP contribution in [0.2, 0.25) is 5.02 Å². The first-order valence-corrected chi connectivity index (χ1v) is 11.9. The lowest BCUT2D eigenvalue weighted by molar-refractivity contribution is 0.0735. The van der Waals surface area contributed by atoms with Gasteiger partial charge in [0.15, 0.2) is 11.4 Å². The van der Waals surface area contributed by atoms with Crippen molar-refractivity contribution < 1.29 is 18.3 Å². The molecular formula is C27H23ClF2N4O2. The van der Waals surface area contributed by atoms with Crippen molar-refractivity contribution in [3.05, 3.63) is 107 Å². The number of benzene rings is 3. The maximum atomic E-state index is 13.5. The monoisotopic (exact) mass is 508 g/mol. The molecule has 4 aromatic rings. The fraction of sp³-hybridized carbons (Fsp3) is 0.185. The van der Waals surface area contributed by atoms with Gasteiger partial charge in [0.05, 0.1) is 11.9 Å². The van der Waals surface area contributed by atoms with Crippen molar-refractivity contribution in [3.63, 3.8) is 0 Å². The Morgan fingerprint density at radius 2 is 1.56 bits per heavy atom. The molecule has 1 aliphatic heterocycles. The number of aromatic nitrogens is 2. The number of halogens is 3. The topological polar surface area (TPSA) is 50.6 Å². The minimum Gasteiger partial charge on any atom is -0.485 e. The van der Waals surface area contributed by atoms with Gasteiger partial charge in [-0.25, -0.2) is 13.5 Å². The molecule has 0 spiro atoms. The van der Waals surface area contributed by atoms with Crippen LogP contribution < -0.4 is 9.64 Å². The summed E-state index contributed by atoms with van der Waals surface area (Å²) in [6.45, 7) is 2.45. The van der Waals surface area contributed by atoms with E-state index in [-0.39, 0.29) is 29.8 Å². The first kappa shape index (κ1) is 23.8. The molecule has 0 atom stereocenters. The minimum absolute atomic E-state index is 0.137. The number of hydrogen-bond acceptors (Lipinski definition) is 4. The Labute approximate surface area is 212 Å². The van der Waals surface area contributed by atoms with Crippen LogP contribution in [0.25, 0.3) is 5.69 Å². The summed E-state index contributed by atoms with van der Waals surface area (Å²) < 4.78 is 34.1. The zero-order valence-electron chi connectivity index (χ0n) is 19.3. The van der Waals surface area contributed by atoms with E-state index in [4.69, 9.17) is 16.3 Å². The van der Waals surface area contributed by atoms with Gasteiger partial charge < -0.3 is 14.5 Å². The predicted molar refractivity (Wildman–Crippen MR) is 134 cm³/mol. The molecule has 9 heteroatoms. The molecule has 0 N–H and O–H groups in total. The molecule has 0 unspecified atom stereocenters. The summed E-state index contributed by atoms with van der Waals surface area (Å²) in [5, 5.41) is 5.15. The van der Waals surface area contributed by atoms with Gasteiger partial charge in [0.2, 0.25) is 0 Å². The smallest absolute Gasteiger partial charge is 0.278 e. The highest BCUT2D eigenvalue weighted by Crippen LogP contribution is 2.25. The Morgan fingerprint density at radius 3 is 2.22 bits per heavy atom. The van der Waals surface area contributed by atoms with Crippen molar-refractivity contribution in [1.29, 1.82) is 0 Å². The summed E-state index contributed by atoms with van der Waals surface area (Å²) in [7, 11) is 0. The highest BCUT2D eigenvalue weighted by atomic mass is 35.5. The number of anilines is 1. The van der Waals surface area contributed by atoms with E-state index in [1.54, 1.807) is 35.4 Å². The minimum atomic E-state index is -0.368. The first-order chi connectivity index (χ1) is 17.5. The van der Waals surface area contributed by atoms with E-state index < -0.39 is 0 Å². The molecule has 0 saturated carbocycles. The van der Waals surface area contributed by atoms with Crippen LogP contribution >= 0.6 is 11.6 Å². The van der Waals surface area contributed by atoms with E-state index in [0.29, 0.717) is 42.6 Å². The highest BCUT2D eigenvalue weighted by Gasteiger charge is 2.28. The summed E-state index contributed by atoms with van der Waals surface area (Å²) in [5.74, 6) is -0.662. The zero-order valence-corrected chi connectivity index (χ0v) is 20.0. The molecule has 5 rings (SSSR count). The van der Waals surface area contributed by atoms with E-state index >= 15 is 0 Å². The van der Waals surface area contributed by atoms with Crippen molar-refractivity contribution >= 4 is 23.2 Å². The molecule has 36 heavy (non-hydrogen) atoms. The molecule has 0 bridgehead atoms. The van der Waals surface area contributed by atoms with Gasteiger partial charge in [-0.1, -0.05) is 29.8 Å². The molecule has 6 nitrogen and oxygen atoms in total. The second kappa shape index (κ2) is 10.4. The molecule has 3 aromatic carbocycles. The normalized spacial score (nSPS) is 13.6. The van der Waals surface area contributed by atoms with Crippen LogP contribution in [0.1, 0.15) is 16.1 Å². The summed E-state index contributed by atoms with van der Waals surface area (Å²) >= 11 is 6.13. The molecular weight excluding hydrogens is 486 g/mol. The number of carbonyl (C=O) groups is 1. The third-order valence-corrected chi connectivity index (χ3v) is 6.26. The van der Waals surface area contributed by atoms with Gasteiger partial charge in [-0.05, 0) is 60.2 Å². The fourth-order valence-corrected chi connectivity index (χ4v) is 4.25. The molecule has 0 radical (unpaired) electrons. The lowest BCUT2D eigenvalue weighted by Gasteiger charge is -2.36. The second-order valence-electron chi connectivity index (χ2n) is 8.44. The Hall–Kier alpha value is -3.91. The lowest BCUT2D eigenvalue weighted by atomic mass is 10.2. The molecule has 1 saturated heterocycles. The summed E-state index contributed by atoms with van der Waals surface area (Å²) in [5.41, 5.74) is 2.52. The number of rotatable bonds is 6. The van der Waals surface area contributed by atoms with Crippen LogP contribution in [0.3, 0.4) is 0 Å². The van der Waals surface area contributed by atoms with Gasteiger partial charge in [-0.2, -0.15) is 5.10 Å². The fourth-order valence-electron chi connectivity index (χ4n) is 4.07. The van der Waals surface area contributed by atoms with E-state index in [0.717, 1.165) is 11.3 Å². The molecule has 1 fully saturated rings. The second-order valence-corrected chi connectivity index (χ2v) is 8.87. The lowest BCUT2D eigenvalue weighted by Crippen LogP contribution is -2.49. The molecule has 184 valence electrons. The molecule has 1 aliphatic rings. The van der Waals surface area contributed by atoms with E-state index in [9.17, 15) is 13.6 Å². The van der Waals surface area contributed by atoms with Gasteiger partial charge in [0.25, 0.3) is 5.91 Å². The van der Waals surface area contributed by atoms with E-state index in [2.05, 4.69) is 10.00 Å². The average molecular weight is 509 g/mol. The Bertz CT molecular complexity index is 1350. The summed E-state index contributed by atoms with van der Waals surface area (Å²) in [4.78, 5) is 17.4. The van der Waals surface area contributed by atoms with Crippen molar-refractivity contribution in [3.8, 4) is 11.4 Å². The largest absolute Gasteiger partial charge is 0.485 e. The quantitative estimate of drug-likeness (QED) is 0.352. The van der Waals surface area contributed by atoms with Gasteiger partial charge in [0, 0.05) is 36.9 Å². The number of carbonyl (C=O) groups excluding carboxylic acids is 1. The highest BCUT2D eigenvalue weighted by molar-refractivity contribution is 6.30. The molecule has 2 heterocycles. The number of hydrogen-bond donors (Lipinski definition) is 0. The predicted octanol–water partition coefficient (Wildman–Crippen LogP) is 5.35. The van der Waals surface area contributed by atoms with Crippen molar-refractivity contribution in [2.75, 3.05) is 31.1 Å². The van der Waals surface area contributed by atoms with Crippen LogP contribution in [0.5, 0.6) is 5.75 Å². The number of nitrogens with zero attached hydrogens (tertiary/aromatic N) is 4. The molecule has 1 amide bonds. The molecule has 1 aromatic heterocycles. The summed E-state index contributed by atoms with van der Waals surface area (Å²) in [6.07, 6.45) is 1.60. The maximum absolute atomic E-state index is 13.5. The third kappa shape index (κ3) is 5.33. The van der Waals surface area contributed by atoms with Crippen LogP contribution in [-0.2, 0) is 6.61 Å². The zero-order chi connectivity index (χ0) is 25.1. The van der Waals surface area contributed by atoms with Crippen molar-refractivity contribution in [1.82, 2.24) is 14.7 Å².